The zero-order chi connectivity index (χ0) is 23.4. The summed E-state index contributed by atoms with van der Waals surface area (Å²) >= 11 is 4.99. The van der Waals surface area contributed by atoms with Crippen molar-refractivity contribution in [2.75, 3.05) is 26.3 Å². The van der Waals surface area contributed by atoms with Crippen LogP contribution in [-0.2, 0) is 24.8 Å². The molecule has 13 heteroatoms. The summed E-state index contributed by atoms with van der Waals surface area (Å²) in [5.74, 6) is -0.682. The third-order valence-electron chi connectivity index (χ3n) is 4.64. The Kier molecular flexibility index (Phi) is 7.59. The molecular formula is C19H22N4O6S3. The molecule has 32 heavy (non-hydrogen) atoms. The highest BCUT2D eigenvalue weighted by Gasteiger charge is 2.27. The number of benzene rings is 2. The number of amides is 1. The van der Waals surface area contributed by atoms with Crippen LogP contribution >= 0.6 is 12.2 Å². The second-order valence-corrected chi connectivity index (χ2v) is 10.8. The van der Waals surface area contributed by atoms with Gasteiger partial charge in [-0.2, -0.15) is 4.31 Å². The standard InChI is InChI=1S/C19H22N4O6S3/c1-14-7-8-16(32(27,28)23-9-11-29-12-10-23)13-17(14)18(24)20-19(30)21-22-31(25,26)15-5-3-2-4-6-15/h2-8,13,22H,9-12H2,1H3,(H2,20,21,24,30). The van der Waals surface area contributed by atoms with E-state index >= 15 is 0 Å². The van der Waals surface area contributed by atoms with Gasteiger partial charge in [0.05, 0.1) is 23.0 Å². The first kappa shape index (κ1) is 24.2. The minimum atomic E-state index is -3.90. The molecule has 0 unspecified atom stereocenters. The van der Waals surface area contributed by atoms with Gasteiger partial charge in [0, 0.05) is 18.7 Å². The lowest BCUT2D eigenvalue weighted by atomic mass is 10.1. The number of aryl methyl sites for hydroxylation is 1. The van der Waals surface area contributed by atoms with Gasteiger partial charge in [-0.25, -0.2) is 16.8 Å². The molecule has 3 rings (SSSR count). The second-order valence-electron chi connectivity index (χ2n) is 6.82. The third-order valence-corrected chi connectivity index (χ3v) is 8.00. The first-order valence-corrected chi connectivity index (χ1v) is 12.8. The molecule has 0 saturated carbocycles. The molecule has 10 nitrogen and oxygen atoms in total. The minimum Gasteiger partial charge on any atom is -0.379 e. The van der Waals surface area contributed by atoms with Crippen LogP contribution in [0.4, 0.5) is 0 Å². The quantitative estimate of drug-likeness (QED) is 0.388. The van der Waals surface area contributed by atoms with Crippen LogP contribution in [0.25, 0.3) is 0 Å². The lowest BCUT2D eigenvalue weighted by Gasteiger charge is -2.26. The summed E-state index contributed by atoms with van der Waals surface area (Å²) in [7, 11) is -7.69. The summed E-state index contributed by atoms with van der Waals surface area (Å²) in [6, 6.07) is 11.8. The maximum atomic E-state index is 12.9. The summed E-state index contributed by atoms with van der Waals surface area (Å²) in [4.78, 5) is 14.7. The van der Waals surface area contributed by atoms with Crippen LogP contribution < -0.4 is 15.6 Å². The van der Waals surface area contributed by atoms with E-state index in [2.05, 4.69) is 15.6 Å². The van der Waals surface area contributed by atoms with Gasteiger partial charge in [0.25, 0.3) is 15.9 Å². The van der Waals surface area contributed by atoms with Gasteiger partial charge < -0.3 is 4.74 Å². The largest absolute Gasteiger partial charge is 0.379 e. The Morgan fingerprint density at radius 2 is 1.66 bits per heavy atom. The molecule has 1 fully saturated rings. The fraction of sp³-hybridized carbons (Fsp3) is 0.263. The topological polar surface area (TPSA) is 134 Å². The molecule has 1 heterocycles. The average Bonchev–Trinajstić information content (AvgIpc) is 2.79. The summed E-state index contributed by atoms with van der Waals surface area (Å²) in [5, 5.41) is 2.05. The molecule has 2 aromatic carbocycles. The Balaban J connectivity index is 1.69. The van der Waals surface area contributed by atoms with Crippen molar-refractivity contribution in [2.24, 2.45) is 0 Å². The summed E-state index contributed by atoms with van der Waals surface area (Å²) in [6.45, 7) is 2.71. The van der Waals surface area contributed by atoms with Gasteiger partial charge in [-0.3, -0.25) is 15.5 Å². The van der Waals surface area contributed by atoms with Crippen molar-refractivity contribution < 1.29 is 26.4 Å². The number of ether oxygens (including phenoxy) is 1. The molecule has 172 valence electrons. The Morgan fingerprint density at radius 3 is 2.31 bits per heavy atom. The third kappa shape index (κ3) is 5.68. The van der Waals surface area contributed by atoms with Crippen molar-refractivity contribution in [2.45, 2.75) is 16.7 Å². The molecule has 0 aromatic heterocycles. The van der Waals surface area contributed by atoms with E-state index in [1.54, 1.807) is 25.1 Å². The van der Waals surface area contributed by atoms with Gasteiger partial charge in [-0.1, -0.05) is 24.3 Å². The number of nitrogens with zero attached hydrogens (tertiary/aromatic N) is 1. The lowest BCUT2D eigenvalue weighted by molar-refractivity contribution is 0.0730. The first-order valence-electron chi connectivity index (χ1n) is 9.48. The maximum Gasteiger partial charge on any atom is 0.257 e. The van der Waals surface area contributed by atoms with Crippen LogP contribution in [0.1, 0.15) is 15.9 Å². The van der Waals surface area contributed by atoms with Crippen LogP contribution in [-0.4, -0.2) is 58.5 Å². The number of carbonyl (C=O) groups excluding carboxylic acids is 1. The number of thiocarbonyl (C=S) groups is 1. The average molecular weight is 499 g/mol. The van der Waals surface area contributed by atoms with Gasteiger partial charge in [0.2, 0.25) is 10.0 Å². The highest BCUT2D eigenvalue weighted by Crippen LogP contribution is 2.20. The highest BCUT2D eigenvalue weighted by atomic mass is 32.2. The fourth-order valence-electron chi connectivity index (χ4n) is 2.92. The predicted octanol–water partition coefficient (Wildman–Crippen LogP) is 0.514. The number of sulfonamides is 2. The van der Waals surface area contributed by atoms with E-state index in [0.717, 1.165) is 0 Å². The fourth-order valence-corrected chi connectivity index (χ4v) is 5.43. The molecule has 3 N–H and O–H groups in total. The summed E-state index contributed by atoms with van der Waals surface area (Å²) in [5.41, 5.74) is 2.88. The van der Waals surface area contributed by atoms with E-state index in [1.165, 1.54) is 34.6 Å². The normalized spacial score (nSPS) is 15.2. The zero-order valence-corrected chi connectivity index (χ0v) is 19.5. The number of hydrazine groups is 1. The maximum absolute atomic E-state index is 12.9. The van der Waals surface area contributed by atoms with Crippen LogP contribution in [0.15, 0.2) is 58.3 Å². The number of morpholine rings is 1. The molecule has 0 bridgehead atoms. The first-order chi connectivity index (χ1) is 15.1. The summed E-state index contributed by atoms with van der Waals surface area (Å²) in [6.07, 6.45) is 0. The number of hydrogen-bond acceptors (Lipinski definition) is 7. The molecule has 0 atom stereocenters. The second kappa shape index (κ2) is 10.0. The number of hydrogen-bond donors (Lipinski definition) is 3. The smallest absolute Gasteiger partial charge is 0.257 e. The number of nitrogens with one attached hydrogen (secondary N) is 3. The van der Waals surface area contributed by atoms with E-state index in [0.29, 0.717) is 18.8 Å². The Hall–Kier alpha value is -2.42. The molecule has 0 radical (unpaired) electrons. The monoisotopic (exact) mass is 498 g/mol. The molecule has 1 aliphatic rings. The van der Waals surface area contributed by atoms with Crippen molar-refractivity contribution >= 4 is 43.3 Å². The van der Waals surface area contributed by atoms with E-state index in [4.69, 9.17) is 17.0 Å². The SMILES string of the molecule is Cc1ccc(S(=O)(=O)N2CCOCC2)cc1C(=O)NC(=S)NNS(=O)(=O)c1ccccc1. The Morgan fingerprint density at radius 1 is 1.00 bits per heavy atom. The predicted molar refractivity (Wildman–Crippen MR) is 121 cm³/mol. The molecule has 2 aromatic rings. The van der Waals surface area contributed by atoms with Crippen LogP contribution in [0.5, 0.6) is 0 Å². The van der Waals surface area contributed by atoms with Crippen molar-refractivity contribution in [1.29, 1.82) is 0 Å². The zero-order valence-electron chi connectivity index (χ0n) is 17.1. The van der Waals surface area contributed by atoms with Crippen LogP contribution in [0.2, 0.25) is 0 Å². The molecule has 1 aliphatic heterocycles. The highest BCUT2D eigenvalue weighted by molar-refractivity contribution is 7.89. The summed E-state index contributed by atoms with van der Waals surface area (Å²) < 4.78 is 56.7. The number of carbonyl (C=O) groups is 1. The van der Waals surface area contributed by atoms with Crippen molar-refractivity contribution in [3.05, 3.63) is 59.7 Å². The van der Waals surface area contributed by atoms with Gasteiger partial charge >= 0.3 is 0 Å². The Bertz CT molecular complexity index is 1210. The van der Waals surface area contributed by atoms with E-state index in [1.807, 2.05) is 0 Å². The van der Waals surface area contributed by atoms with E-state index in [-0.39, 0.29) is 33.6 Å². The number of rotatable bonds is 6. The van der Waals surface area contributed by atoms with E-state index in [9.17, 15) is 21.6 Å². The molecule has 0 aliphatic carbocycles. The molecular weight excluding hydrogens is 476 g/mol. The van der Waals surface area contributed by atoms with Gasteiger partial charge in [0.1, 0.15) is 0 Å². The van der Waals surface area contributed by atoms with Crippen LogP contribution in [0, 0.1) is 6.92 Å². The Labute approximate surface area is 192 Å². The van der Waals surface area contributed by atoms with E-state index < -0.39 is 26.0 Å². The molecule has 0 spiro atoms. The van der Waals surface area contributed by atoms with Gasteiger partial charge in [-0.05, 0) is 49.0 Å². The van der Waals surface area contributed by atoms with Crippen LogP contribution in [0.3, 0.4) is 0 Å². The van der Waals surface area contributed by atoms with Crippen molar-refractivity contribution in [1.82, 2.24) is 19.9 Å². The van der Waals surface area contributed by atoms with Crippen molar-refractivity contribution in [3.8, 4) is 0 Å². The minimum absolute atomic E-state index is 0.0125. The molecule has 1 amide bonds. The molecule has 1 saturated heterocycles. The lowest BCUT2D eigenvalue weighted by Crippen LogP contribution is -2.48. The van der Waals surface area contributed by atoms with Crippen molar-refractivity contribution in [3.63, 3.8) is 0 Å². The van der Waals surface area contributed by atoms with Gasteiger partial charge in [0.15, 0.2) is 5.11 Å². The van der Waals surface area contributed by atoms with Gasteiger partial charge in [-0.15, -0.1) is 4.83 Å².